The fourth-order valence-corrected chi connectivity index (χ4v) is 4.17. The van der Waals surface area contributed by atoms with Crippen molar-refractivity contribution in [1.29, 1.82) is 0 Å². The van der Waals surface area contributed by atoms with Gasteiger partial charge in [0.15, 0.2) is 5.13 Å². The Bertz CT molecular complexity index is 813. The molecule has 0 radical (unpaired) electrons. The zero-order valence-electron chi connectivity index (χ0n) is 13.7. The molecule has 0 saturated carbocycles. The molecule has 6 heteroatoms. The van der Waals surface area contributed by atoms with E-state index in [1.807, 2.05) is 55.5 Å². The highest BCUT2D eigenvalue weighted by Crippen LogP contribution is 2.31. The highest BCUT2D eigenvalue weighted by atomic mass is 32.2. The zero-order valence-corrected chi connectivity index (χ0v) is 15.4. The molecule has 1 heterocycles. The third-order valence-electron chi connectivity index (χ3n) is 3.62. The number of carbonyl (C=O) groups excluding carboxylic acids is 1. The molecule has 24 heavy (non-hydrogen) atoms. The van der Waals surface area contributed by atoms with Gasteiger partial charge >= 0.3 is 0 Å². The summed E-state index contributed by atoms with van der Waals surface area (Å²) in [6.07, 6.45) is 0. The van der Waals surface area contributed by atoms with Crippen molar-refractivity contribution in [1.82, 2.24) is 4.98 Å². The first-order valence-electron chi connectivity index (χ1n) is 7.52. The van der Waals surface area contributed by atoms with Crippen molar-refractivity contribution < 1.29 is 9.53 Å². The molecule has 0 fully saturated rings. The normalized spacial score (nSPS) is 12.1. The van der Waals surface area contributed by atoms with Gasteiger partial charge in [-0.05, 0) is 43.3 Å². The van der Waals surface area contributed by atoms with Crippen molar-refractivity contribution in [3.05, 3.63) is 48.5 Å². The summed E-state index contributed by atoms with van der Waals surface area (Å²) in [6, 6.07) is 15.6. The Kier molecular flexibility index (Phi) is 5.06. The van der Waals surface area contributed by atoms with Crippen LogP contribution in [0.3, 0.4) is 0 Å². The lowest BCUT2D eigenvalue weighted by atomic mass is 10.3. The first-order valence-corrected chi connectivity index (χ1v) is 9.22. The lowest BCUT2D eigenvalue weighted by molar-refractivity contribution is -0.117. The van der Waals surface area contributed by atoms with Gasteiger partial charge in [-0.1, -0.05) is 23.5 Å². The number of amides is 1. The minimum absolute atomic E-state index is 0.0369. The number of methoxy groups -OCH3 is 1. The number of carbonyl (C=O) groups is 1. The maximum absolute atomic E-state index is 12.7. The van der Waals surface area contributed by atoms with E-state index in [1.54, 1.807) is 19.1 Å². The summed E-state index contributed by atoms with van der Waals surface area (Å²) < 4.78 is 6.24. The molecule has 0 aliphatic heterocycles. The Morgan fingerprint density at radius 1 is 1.21 bits per heavy atom. The number of ether oxygens (including phenoxy) is 1. The first-order chi connectivity index (χ1) is 11.6. The van der Waals surface area contributed by atoms with E-state index in [0.29, 0.717) is 0 Å². The van der Waals surface area contributed by atoms with Crippen molar-refractivity contribution in [3.63, 3.8) is 0 Å². The van der Waals surface area contributed by atoms with Crippen molar-refractivity contribution in [3.8, 4) is 5.75 Å². The molecule has 0 N–H and O–H groups in total. The van der Waals surface area contributed by atoms with Gasteiger partial charge in [-0.3, -0.25) is 9.69 Å². The van der Waals surface area contributed by atoms with Crippen molar-refractivity contribution in [2.24, 2.45) is 0 Å². The number of thioether (sulfide) groups is 1. The molecule has 3 rings (SSSR count). The second-order valence-electron chi connectivity index (χ2n) is 5.30. The maximum Gasteiger partial charge on any atom is 0.241 e. The number of nitrogens with zero attached hydrogens (tertiary/aromatic N) is 2. The number of thiazole rings is 1. The molecular weight excluding hydrogens is 340 g/mol. The Morgan fingerprint density at radius 3 is 2.58 bits per heavy atom. The molecule has 0 spiro atoms. The van der Waals surface area contributed by atoms with Crippen LogP contribution >= 0.6 is 23.1 Å². The lowest BCUT2D eigenvalue weighted by Crippen LogP contribution is -2.33. The number of hydrogen-bond acceptors (Lipinski definition) is 5. The van der Waals surface area contributed by atoms with Crippen LogP contribution in [-0.2, 0) is 4.79 Å². The highest BCUT2D eigenvalue weighted by molar-refractivity contribution is 8.00. The summed E-state index contributed by atoms with van der Waals surface area (Å²) in [5, 5.41) is 0.527. The predicted molar refractivity (Wildman–Crippen MR) is 101 cm³/mol. The van der Waals surface area contributed by atoms with E-state index in [9.17, 15) is 4.79 Å². The largest absolute Gasteiger partial charge is 0.497 e. The number of rotatable bonds is 5. The van der Waals surface area contributed by atoms with E-state index in [1.165, 1.54) is 23.1 Å². The smallest absolute Gasteiger partial charge is 0.241 e. The van der Waals surface area contributed by atoms with E-state index < -0.39 is 0 Å². The monoisotopic (exact) mass is 358 g/mol. The number of anilines is 1. The van der Waals surface area contributed by atoms with Crippen LogP contribution in [0.1, 0.15) is 6.92 Å². The third kappa shape index (κ3) is 3.55. The summed E-state index contributed by atoms with van der Waals surface area (Å²) in [5.74, 6) is 0.847. The third-order valence-corrected chi connectivity index (χ3v) is 5.83. The molecule has 1 aromatic heterocycles. The van der Waals surface area contributed by atoms with Crippen molar-refractivity contribution in [2.45, 2.75) is 17.1 Å². The summed E-state index contributed by atoms with van der Waals surface area (Å²) in [4.78, 5) is 19.9. The van der Waals surface area contributed by atoms with Crippen LogP contribution in [0.5, 0.6) is 5.75 Å². The Balaban J connectivity index is 1.71. The first kappa shape index (κ1) is 16.8. The van der Waals surface area contributed by atoms with Gasteiger partial charge in [0, 0.05) is 11.9 Å². The number of fused-ring (bicyclic) bond motifs is 1. The lowest BCUT2D eigenvalue weighted by Gasteiger charge is -2.18. The van der Waals surface area contributed by atoms with Gasteiger partial charge < -0.3 is 4.74 Å². The molecule has 1 amide bonds. The molecular formula is C18H18N2O2S2. The van der Waals surface area contributed by atoms with Gasteiger partial charge in [0.1, 0.15) is 5.75 Å². The summed E-state index contributed by atoms with van der Waals surface area (Å²) in [6.45, 7) is 1.92. The highest BCUT2D eigenvalue weighted by Gasteiger charge is 2.22. The molecule has 0 aliphatic rings. The second-order valence-corrected chi connectivity index (χ2v) is 7.72. The van der Waals surface area contributed by atoms with Crippen molar-refractivity contribution in [2.75, 3.05) is 19.1 Å². The molecule has 1 unspecified atom stereocenters. The second kappa shape index (κ2) is 7.23. The Hall–Kier alpha value is -2.05. The minimum atomic E-state index is -0.199. The van der Waals surface area contributed by atoms with Crippen LogP contribution < -0.4 is 9.64 Å². The molecule has 0 aliphatic carbocycles. The number of aromatic nitrogens is 1. The molecule has 124 valence electrons. The van der Waals surface area contributed by atoms with E-state index in [0.717, 1.165) is 26.0 Å². The van der Waals surface area contributed by atoms with Crippen LogP contribution in [0.4, 0.5) is 5.13 Å². The van der Waals surface area contributed by atoms with Crippen molar-refractivity contribution >= 4 is 44.4 Å². The Morgan fingerprint density at radius 2 is 1.92 bits per heavy atom. The predicted octanol–water partition coefficient (Wildman–Crippen LogP) is 4.45. The number of benzene rings is 2. The van der Waals surface area contributed by atoms with E-state index >= 15 is 0 Å². The molecule has 0 bridgehead atoms. The van der Waals surface area contributed by atoms with Gasteiger partial charge in [-0.2, -0.15) is 0 Å². The summed E-state index contributed by atoms with van der Waals surface area (Å²) in [5.41, 5.74) is 0.924. The van der Waals surface area contributed by atoms with Crippen LogP contribution in [0, 0.1) is 0 Å². The number of hydrogen-bond donors (Lipinski definition) is 0. The average molecular weight is 358 g/mol. The van der Waals surface area contributed by atoms with E-state index in [-0.39, 0.29) is 11.2 Å². The quantitative estimate of drug-likeness (QED) is 0.632. The average Bonchev–Trinajstić information content (AvgIpc) is 3.05. The topological polar surface area (TPSA) is 42.4 Å². The zero-order chi connectivity index (χ0) is 17.1. The van der Waals surface area contributed by atoms with Gasteiger partial charge in [-0.25, -0.2) is 4.98 Å². The van der Waals surface area contributed by atoms with E-state index in [4.69, 9.17) is 4.74 Å². The molecule has 4 nitrogen and oxygen atoms in total. The van der Waals surface area contributed by atoms with Gasteiger partial charge in [-0.15, -0.1) is 11.8 Å². The van der Waals surface area contributed by atoms with Crippen LogP contribution in [0.15, 0.2) is 53.4 Å². The van der Waals surface area contributed by atoms with Gasteiger partial charge in [0.2, 0.25) is 5.91 Å². The fraction of sp³-hybridized carbons (Fsp3) is 0.222. The van der Waals surface area contributed by atoms with Crippen LogP contribution in [0.2, 0.25) is 0 Å². The van der Waals surface area contributed by atoms with E-state index in [2.05, 4.69) is 4.98 Å². The Labute approximate surface area is 149 Å². The number of para-hydroxylation sites is 1. The minimum Gasteiger partial charge on any atom is -0.497 e. The standard InChI is InChI=1S/C18H18N2O2S2/c1-12(23-14-10-8-13(22-3)9-11-14)17(21)20(2)18-19-15-6-4-5-7-16(15)24-18/h4-12H,1-3H3. The fourth-order valence-electron chi connectivity index (χ4n) is 2.28. The molecule has 2 aromatic carbocycles. The molecule has 1 atom stereocenters. The SMILES string of the molecule is COc1ccc(SC(C)C(=O)N(C)c2nc3ccccc3s2)cc1. The maximum atomic E-state index is 12.7. The van der Waals surface area contributed by atoms with Crippen LogP contribution in [-0.4, -0.2) is 30.3 Å². The van der Waals surface area contributed by atoms with Gasteiger partial charge in [0.25, 0.3) is 0 Å². The van der Waals surface area contributed by atoms with Gasteiger partial charge in [0.05, 0.1) is 22.6 Å². The molecule has 3 aromatic rings. The summed E-state index contributed by atoms with van der Waals surface area (Å²) >= 11 is 3.06. The molecule has 0 saturated heterocycles. The van der Waals surface area contributed by atoms with Crippen LogP contribution in [0.25, 0.3) is 10.2 Å². The summed E-state index contributed by atoms with van der Waals surface area (Å²) in [7, 11) is 3.42.